The summed E-state index contributed by atoms with van der Waals surface area (Å²) in [6.07, 6.45) is 1.66. The van der Waals surface area contributed by atoms with Gasteiger partial charge in [-0.3, -0.25) is 4.79 Å². The van der Waals surface area contributed by atoms with E-state index in [1.165, 1.54) is 0 Å². The maximum absolute atomic E-state index is 12.0. The minimum absolute atomic E-state index is 0.191. The quantitative estimate of drug-likeness (QED) is 0.848. The van der Waals surface area contributed by atoms with Crippen molar-refractivity contribution in [3.63, 3.8) is 0 Å². The monoisotopic (exact) mass is 342 g/mol. The summed E-state index contributed by atoms with van der Waals surface area (Å²) in [5.41, 5.74) is 1.07. The lowest BCUT2D eigenvalue weighted by Crippen LogP contribution is -2.28. The van der Waals surface area contributed by atoms with Gasteiger partial charge in [0.05, 0.1) is 12.1 Å². The molecule has 0 spiro atoms. The molecule has 2 aromatic rings. The molecule has 0 saturated heterocycles. The maximum Gasteiger partial charge on any atom is 0.275 e. The molecule has 6 heteroatoms. The van der Waals surface area contributed by atoms with Gasteiger partial charge in [0.2, 0.25) is 0 Å². The molecule has 0 atom stereocenters. The summed E-state index contributed by atoms with van der Waals surface area (Å²) in [5, 5.41) is 3.17. The van der Waals surface area contributed by atoms with Gasteiger partial charge in [0.1, 0.15) is 29.6 Å². The van der Waals surface area contributed by atoms with Crippen molar-refractivity contribution >= 4 is 29.4 Å². The number of aliphatic imine (C=N–C) groups is 1. The van der Waals surface area contributed by atoms with Gasteiger partial charge in [-0.25, -0.2) is 4.99 Å². The second kappa shape index (κ2) is 7.19. The molecule has 1 heterocycles. The average molecular weight is 343 g/mol. The molecular formula is C18H15ClN2O3. The molecule has 0 unspecified atom stereocenters. The van der Waals surface area contributed by atoms with Crippen LogP contribution in [-0.4, -0.2) is 25.5 Å². The Morgan fingerprint density at radius 2 is 2.00 bits per heavy atom. The van der Waals surface area contributed by atoms with Gasteiger partial charge in [0.25, 0.3) is 5.91 Å². The molecule has 0 bridgehead atoms. The van der Waals surface area contributed by atoms with Crippen molar-refractivity contribution in [2.24, 2.45) is 4.99 Å². The van der Waals surface area contributed by atoms with Crippen LogP contribution in [0.1, 0.15) is 5.56 Å². The van der Waals surface area contributed by atoms with E-state index in [0.29, 0.717) is 28.1 Å². The van der Waals surface area contributed by atoms with Crippen molar-refractivity contribution in [2.75, 3.05) is 13.7 Å². The highest BCUT2D eigenvalue weighted by atomic mass is 35.5. The van der Waals surface area contributed by atoms with Crippen LogP contribution in [0.2, 0.25) is 5.02 Å². The van der Waals surface area contributed by atoms with Gasteiger partial charge in [-0.1, -0.05) is 35.9 Å². The van der Waals surface area contributed by atoms with Gasteiger partial charge in [-0.05, 0) is 35.9 Å². The standard InChI is InChI=1S/C18H15ClN2O3/c1-23-16-8-7-12(9-14(16)19)10-15-18(22)21-17(20-15)11-24-13-5-3-2-4-6-13/h2-10H,11H2,1H3,(H,20,21,22)/b15-10+. The van der Waals surface area contributed by atoms with E-state index >= 15 is 0 Å². The fourth-order valence-electron chi connectivity index (χ4n) is 2.18. The number of carbonyl (C=O) groups is 1. The third kappa shape index (κ3) is 3.75. The zero-order chi connectivity index (χ0) is 16.9. The lowest BCUT2D eigenvalue weighted by atomic mass is 10.2. The number of methoxy groups -OCH3 is 1. The van der Waals surface area contributed by atoms with E-state index in [1.807, 2.05) is 30.3 Å². The number of amidine groups is 1. The number of rotatable bonds is 5. The first-order valence-corrected chi connectivity index (χ1v) is 7.65. The predicted molar refractivity (Wildman–Crippen MR) is 93.5 cm³/mol. The first kappa shape index (κ1) is 16.1. The Balaban J connectivity index is 1.72. The van der Waals surface area contributed by atoms with Crippen molar-refractivity contribution < 1.29 is 14.3 Å². The van der Waals surface area contributed by atoms with Crippen LogP contribution < -0.4 is 14.8 Å². The molecule has 1 N–H and O–H groups in total. The number of hydrogen-bond acceptors (Lipinski definition) is 4. The molecule has 0 aliphatic carbocycles. The van der Waals surface area contributed by atoms with Crippen molar-refractivity contribution in [2.45, 2.75) is 0 Å². The summed E-state index contributed by atoms with van der Waals surface area (Å²) >= 11 is 6.09. The van der Waals surface area contributed by atoms with E-state index in [4.69, 9.17) is 21.1 Å². The number of ether oxygens (including phenoxy) is 2. The van der Waals surface area contributed by atoms with E-state index in [-0.39, 0.29) is 12.5 Å². The highest BCUT2D eigenvalue weighted by molar-refractivity contribution is 6.32. The van der Waals surface area contributed by atoms with E-state index < -0.39 is 0 Å². The van der Waals surface area contributed by atoms with E-state index in [2.05, 4.69) is 10.3 Å². The van der Waals surface area contributed by atoms with Crippen LogP contribution in [-0.2, 0) is 4.79 Å². The lowest BCUT2D eigenvalue weighted by molar-refractivity contribution is -0.115. The fraction of sp³-hybridized carbons (Fsp3) is 0.111. The molecule has 2 aromatic carbocycles. The van der Waals surface area contributed by atoms with Gasteiger partial charge in [0.15, 0.2) is 0 Å². The van der Waals surface area contributed by atoms with Gasteiger partial charge in [-0.2, -0.15) is 0 Å². The van der Waals surface area contributed by atoms with Crippen LogP contribution in [0.5, 0.6) is 11.5 Å². The zero-order valence-corrected chi connectivity index (χ0v) is 13.7. The lowest BCUT2D eigenvalue weighted by Gasteiger charge is -2.04. The molecule has 122 valence electrons. The summed E-state index contributed by atoms with van der Waals surface area (Å²) in [6, 6.07) is 14.6. The molecule has 3 rings (SSSR count). The van der Waals surface area contributed by atoms with Gasteiger partial charge in [0, 0.05) is 0 Å². The molecule has 0 aromatic heterocycles. The molecule has 5 nitrogen and oxygen atoms in total. The molecule has 1 aliphatic rings. The van der Waals surface area contributed by atoms with Crippen LogP contribution in [0.15, 0.2) is 59.2 Å². The Morgan fingerprint density at radius 3 is 2.71 bits per heavy atom. The third-order valence-corrected chi connectivity index (χ3v) is 3.64. The normalized spacial score (nSPS) is 15.2. The number of halogens is 1. The minimum atomic E-state index is -0.270. The second-order valence-corrected chi connectivity index (χ2v) is 5.45. The Labute approximate surface area is 144 Å². The number of para-hydroxylation sites is 1. The largest absolute Gasteiger partial charge is 0.495 e. The predicted octanol–water partition coefficient (Wildman–Crippen LogP) is 3.30. The van der Waals surface area contributed by atoms with Crippen molar-refractivity contribution in [3.05, 3.63) is 64.8 Å². The number of benzene rings is 2. The van der Waals surface area contributed by atoms with Crippen LogP contribution in [0.25, 0.3) is 6.08 Å². The summed E-state index contributed by atoms with van der Waals surface area (Å²) < 4.78 is 10.7. The molecule has 24 heavy (non-hydrogen) atoms. The molecule has 0 fully saturated rings. The summed E-state index contributed by atoms with van der Waals surface area (Å²) in [6.45, 7) is 0.191. The third-order valence-electron chi connectivity index (χ3n) is 3.34. The van der Waals surface area contributed by atoms with Gasteiger partial charge < -0.3 is 14.8 Å². The number of hydrogen-bond donors (Lipinski definition) is 1. The van der Waals surface area contributed by atoms with Crippen molar-refractivity contribution in [1.82, 2.24) is 5.32 Å². The van der Waals surface area contributed by atoms with Crippen LogP contribution in [0.4, 0.5) is 0 Å². The highest BCUT2D eigenvalue weighted by Crippen LogP contribution is 2.26. The SMILES string of the molecule is COc1ccc(/C=C2/N=C(COc3ccccc3)NC2=O)cc1Cl. The maximum atomic E-state index is 12.0. The van der Waals surface area contributed by atoms with Crippen LogP contribution >= 0.6 is 11.6 Å². The summed E-state index contributed by atoms with van der Waals surface area (Å²) in [4.78, 5) is 16.3. The van der Waals surface area contributed by atoms with E-state index in [1.54, 1.807) is 31.4 Å². The second-order valence-electron chi connectivity index (χ2n) is 5.04. The molecular weight excluding hydrogens is 328 g/mol. The number of amides is 1. The van der Waals surface area contributed by atoms with Crippen LogP contribution in [0.3, 0.4) is 0 Å². The fourth-order valence-corrected chi connectivity index (χ4v) is 2.45. The Bertz CT molecular complexity index is 816. The Hall–Kier alpha value is -2.79. The molecule has 1 aliphatic heterocycles. The summed E-state index contributed by atoms with van der Waals surface area (Å²) in [5.74, 6) is 1.49. The number of carbonyl (C=O) groups excluding carboxylic acids is 1. The average Bonchev–Trinajstić information content (AvgIpc) is 2.94. The first-order chi connectivity index (χ1) is 11.7. The smallest absolute Gasteiger partial charge is 0.275 e. The van der Waals surface area contributed by atoms with Gasteiger partial charge >= 0.3 is 0 Å². The number of nitrogens with zero attached hydrogens (tertiary/aromatic N) is 1. The molecule has 0 radical (unpaired) electrons. The van der Waals surface area contributed by atoms with Crippen LogP contribution in [0, 0.1) is 0 Å². The summed E-state index contributed by atoms with van der Waals surface area (Å²) in [7, 11) is 1.55. The molecule has 1 amide bonds. The zero-order valence-electron chi connectivity index (χ0n) is 13.0. The van der Waals surface area contributed by atoms with Gasteiger partial charge in [-0.15, -0.1) is 0 Å². The Kier molecular flexibility index (Phi) is 4.82. The van der Waals surface area contributed by atoms with E-state index in [0.717, 1.165) is 5.56 Å². The topological polar surface area (TPSA) is 59.9 Å². The first-order valence-electron chi connectivity index (χ1n) is 7.28. The van der Waals surface area contributed by atoms with Crippen molar-refractivity contribution in [1.29, 1.82) is 0 Å². The van der Waals surface area contributed by atoms with E-state index in [9.17, 15) is 4.79 Å². The molecule has 0 saturated carbocycles. The number of nitrogens with one attached hydrogen (secondary N) is 1. The highest BCUT2D eigenvalue weighted by Gasteiger charge is 2.20. The minimum Gasteiger partial charge on any atom is -0.495 e. The van der Waals surface area contributed by atoms with Crippen molar-refractivity contribution in [3.8, 4) is 11.5 Å². The Morgan fingerprint density at radius 1 is 1.21 bits per heavy atom.